The van der Waals surface area contributed by atoms with E-state index in [-0.39, 0.29) is 24.0 Å². The Morgan fingerprint density at radius 3 is 2.52 bits per heavy atom. The predicted octanol–water partition coefficient (Wildman–Crippen LogP) is 1.99. The van der Waals surface area contributed by atoms with Crippen molar-refractivity contribution in [2.45, 2.75) is 44.8 Å². The van der Waals surface area contributed by atoms with E-state index < -0.39 is 0 Å². The SMILES string of the molecule is CCOc1ccc(C(=O)N2CCC(NC(=O)C3CCCO3)CC2)cc1. The van der Waals surface area contributed by atoms with Crippen molar-refractivity contribution in [3.8, 4) is 5.75 Å². The Hall–Kier alpha value is -2.08. The summed E-state index contributed by atoms with van der Waals surface area (Å²) in [6, 6.07) is 7.38. The second-order valence-electron chi connectivity index (χ2n) is 6.53. The van der Waals surface area contributed by atoms with Crippen LogP contribution in [0.2, 0.25) is 0 Å². The second-order valence-corrected chi connectivity index (χ2v) is 6.53. The fraction of sp³-hybridized carbons (Fsp3) is 0.579. The molecule has 6 nitrogen and oxygen atoms in total. The Morgan fingerprint density at radius 1 is 1.20 bits per heavy atom. The van der Waals surface area contributed by atoms with Gasteiger partial charge >= 0.3 is 0 Å². The van der Waals surface area contributed by atoms with Crippen LogP contribution in [0.5, 0.6) is 5.75 Å². The molecule has 136 valence electrons. The molecule has 1 aromatic carbocycles. The first kappa shape index (κ1) is 17.7. The molecule has 0 spiro atoms. The minimum Gasteiger partial charge on any atom is -0.494 e. The highest BCUT2D eigenvalue weighted by Crippen LogP contribution is 2.18. The van der Waals surface area contributed by atoms with Crippen LogP contribution in [0.25, 0.3) is 0 Å². The monoisotopic (exact) mass is 346 g/mol. The van der Waals surface area contributed by atoms with Gasteiger partial charge in [0.15, 0.2) is 0 Å². The summed E-state index contributed by atoms with van der Waals surface area (Å²) in [5, 5.41) is 3.06. The van der Waals surface area contributed by atoms with Gasteiger partial charge in [0.05, 0.1) is 6.61 Å². The van der Waals surface area contributed by atoms with Crippen LogP contribution in [0.1, 0.15) is 43.0 Å². The van der Waals surface area contributed by atoms with Crippen LogP contribution in [0, 0.1) is 0 Å². The average molecular weight is 346 g/mol. The maximum atomic E-state index is 12.6. The van der Waals surface area contributed by atoms with Crippen LogP contribution in [0.4, 0.5) is 0 Å². The molecule has 2 aliphatic rings. The number of hydrogen-bond acceptors (Lipinski definition) is 4. The van der Waals surface area contributed by atoms with Gasteiger partial charge in [0.25, 0.3) is 5.91 Å². The van der Waals surface area contributed by atoms with Crippen molar-refractivity contribution in [1.82, 2.24) is 10.2 Å². The molecule has 2 amide bonds. The zero-order chi connectivity index (χ0) is 17.6. The lowest BCUT2D eigenvalue weighted by atomic mass is 10.0. The van der Waals surface area contributed by atoms with Crippen molar-refractivity contribution in [2.24, 2.45) is 0 Å². The van der Waals surface area contributed by atoms with Gasteiger partial charge in [0.1, 0.15) is 11.9 Å². The topological polar surface area (TPSA) is 67.9 Å². The van der Waals surface area contributed by atoms with E-state index in [0.717, 1.165) is 31.4 Å². The molecule has 1 N–H and O–H groups in total. The van der Waals surface area contributed by atoms with Gasteiger partial charge in [-0.2, -0.15) is 0 Å². The van der Waals surface area contributed by atoms with E-state index in [1.54, 1.807) is 12.1 Å². The Bertz CT molecular complexity index is 588. The third kappa shape index (κ3) is 4.51. The number of nitrogens with zero attached hydrogens (tertiary/aromatic N) is 1. The van der Waals surface area contributed by atoms with E-state index in [4.69, 9.17) is 9.47 Å². The molecular formula is C19H26N2O4. The fourth-order valence-electron chi connectivity index (χ4n) is 3.35. The number of hydrogen-bond donors (Lipinski definition) is 1. The molecule has 2 aliphatic heterocycles. The number of piperidine rings is 1. The molecule has 2 heterocycles. The lowest BCUT2D eigenvalue weighted by Crippen LogP contribution is -2.48. The molecule has 0 aromatic heterocycles. The third-order valence-corrected chi connectivity index (χ3v) is 4.76. The minimum absolute atomic E-state index is 0.00575. The van der Waals surface area contributed by atoms with E-state index in [1.807, 2.05) is 24.0 Å². The quantitative estimate of drug-likeness (QED) is 0.885. The maximum absolute atomic E-state index is 12.6. The highest BCUT2D eigenvalue weighted by Gasteiger charge is 2.28. The predicted molar refractivity (Wildman–Crippen MR) is 93.7 cm³/mol. The van der Waals surface area contributed by atoms with Crippen molar-refractivity contribution in [3.63, 3.8) is 0 Å². The summed E-state index contributed by atoms with van der Waals surface area (Å²) in [6.07, 6.45) is 3.03. The van der Waals surface area contributed by atoms with Crippen molar-refractivity contribution < 1.29 is 19.1 Å². The highest BCUT2D eigenvalue weighted by atomic mass is 16.5. The van der Waals surface area contributed by atoms with Crippen LogP contribution in [0.3, 0.4) is 0 Å². The van der Waals surface area contributed by atoms with Crippen LogP contribution in [-0.2, 0) is 9.53 Å². The Balaban J connectivity index is 1.47. The lowest BCUT2D eigenvalue weighted by Gasteiger charge is -2.33. The number of nitrogens with one attached hydrogen (secondary N) is 1. The van der Waals surface area contributed by atoms with E-state index in [1.165, 1.54) is 0 Å². The summed E-state index contributed by atoms with van der Waals surface area (Å²) in [6.45, 7) is 4.53. The summed E-state index contributed by atoms with van der Waals surface area (Å²) < 4.78 is 10.8. The Morgan fingerprint density at radius 2 is 1.92 bits per heavy atom. The molecular weight excluding hydrogens is 320 g/mol. The van der Waals surface area contributed by atoms with Crippen LogP contribution in [0.15, 0.2) is 24.3 Å². The van der Waals surface area contributed by atoms with Crippen molar-refractivity contribution in [3.05, 3.63) is 29.8 Å². The van der Waals surface area contributed by atoms with Gasteiger partial charge in [-0.25, -0.2) is 0 Å². The van der Waals surface area contributed by atoms with E-state index in [9.17, 15) is 9.59 Å². The lowest BCUT2D eigenvalue weighted by molar-refractivity contribution is -0.131. The van der Waals surface area contributed by atoms with Gasteiger partial charge in [-0.05, 0) is 56.9 Å². The largest absolute Gasteiger partial charge is 0.494 e. The van der Waals surface area contributed by atoms with E-state index in [2.05, 4.69) is 5.32 Å². The molecule has 25 heavy (non-hydrogen) atoms. The first-order valence-electron chi connectivity index (χ1n) is 9.11. The summed E-state index contributed by atoms with van der Waals surface area (Å²) >= 11 is 0. The average Bonchev–Trinajstić information content (AvgIpc) is 3.18. The van der Waals surface area contributed by atoms with Gasteiger partial charge in [0, 0.05) is 31.3 Å². The van der Waals surface area contributed by atoms with Gasteiger partial charge in [-0.15, -0.1) is 0 Å². The molecule has 2 fully saturated rings. The number of ether oxygens (including phenoxy) is 2. The van der Waals surface area contributed by atoms with Crippen LogP contribution >= 0.6 is 0 Å². The summed E-state index contributed by atoms with van der Waals surface area (Å²) in [7, 11) is 0. The normalized spacial score (nSPS) is 21.2. The zero-order valence-electron chi connectivity index (χ0n) is 14.7. The number of carbonyl (C=O) groups is 2. The molecule has 0 aliphatic carbocycles. The Kier molecular flexibility index (Phi) is 5.91. The molecule has 3 rings (SSSR count). The number of likely N-dealkylation sites (tertiary alicyclic amines) is 1. The molecule has 2 saturated heterocycles. The van der Waals surface area contributed by atoms with Crippen molar-refractivity contribution >= 4 is 11.8 Å². The summed E-state index contributed by atoms with van der Waals surface area (Å²) in [5.74, 6) is 0.801. The maximum Gasteiger partial charge on any atom is 0.253 e. The smallest absolute Gasteiger partial charge is 0.253 e. The number of amides is 2. The minimum atomic E-state index is -0.288. The summed E-state index contributed by atoms with van der Waals surface area (Å²) in [4.78, 5) is 26.5. The van der Waals surface area contributed by atoms with E-state index >= 15 is 0 Å². The summed E-state index contributed by atoms with van der Waals surface area (Å²) in [5.41, 5.74) is 0.672. The van der Waals surface area contributed by atoms with Gasteiger partial charge in [-0.3, -0.25) is 9.59 Å². The van der Waals surface area contributed by atoms with Gasteiger partial charge in [-0.1, -0.05) is 0 Å². The van der Waals surface area contributed by atoms with Crippen LogP contribution in [-0.4, -0.2) is 55.2 Å². The third-order valence-electron chi connectivity index (χ3n) is 4.76. The van der Waals surface area contributed by atoms with E-state index in [0.29, 0.717) is 31.9 Å². The van der Waals surface area contributed by atoms with Crippen LogP contribution < -0.4 is 10.1 Å². The highest BCUT2D eigenvalue weighted by molar-refractivity contribution is 5.94. The molecule has 1 atom stereocenters. The zero-order valence-corrected chi connectivity index (χ0v) is 14.7. The number of benzene rings is 1. The molecule has 0 radical (unpaired) electrons. The fourth-order valence-corrected chi connectivity index (χ4v) is 3.35. The molecule has 6 heteroatoms. The second kappa shape index (κ2) is 8.34. The van der Waals surface area contributed by atoms with Gasteiger partial charge < -0.3 is 19.7 Å². The van der Waals surface area contributed by atoms with Gasteiger partial charge in [0.2, 0.25) is 5.91 Å². The molecule has 1 unspecified atom stereocenters. The number of carbonyl (C=O) groups excluding carboxylic acids is 2. The first-order valence-corrected chi connectivity index (χ1v) is 9.11. The molecule has 0 bridgehead atoms. The molecule has 1 aromatic rings. The molecule has 0 saturated carbocycles. The Labute approximate surface area is 148 Å². The number of rotatable bonds is 5. The first-order chi connectivity index (χ1) is 12.2. The van der Waals surface area contributed by atoms with Crippen molar-refractivity contribution in [1.29, 1.82) is 0 Å². The standard InChI is InChI=1S/C19H26N2O4/c1-2-24-16-7-5-14(6-8-16)19(23)21-11-9-15(10-12-21)20-18(22)17-4-3-13-25-17/h5-8,15,17H,2-4,9-13H2,1H3,(H,20,22). The van der Waals surface area contributed by atoms with Crippen molar-refractivity contribution in [2.75, 3.05) is 26.3 Å².